The van der Waals surface area contributed by atoms with Crippen LogP contribution in [0.1, 0.15) is 17.4 Å². The van der Waals surface area contributed by atoms with Gasteiger partial charge < -0.3 is 15.6 Å². The number of primary amides is 1. The highest BCUT2D eigenvalue weighted by Crippen LogP contribution is 2.25. The van der Waals surface area contributed by atoms with E-state index in [0.717, 1.165) is 11.3 Å². The van der Waals surface area contributed by atoms with Gasteiger partial charge in [0.15, 0.2) is 0 Å². The number of H-pyrrole nitrogens is 1. The summed E-state index contributed by atoms with van der Waals surface area (Å²) in [7, 11) is 0. The van der Waals surface area contributed by atoms with Crippen LogP contribution in [0.2, 0.25) is 0 Å². The zero-order valence-corrected chi connectivity index (χ0v) is 12.5. The highest BCUT2D eigenvalue weighted by atomic mass is 16.2. The van der Waals surface area contributed by atoms with E-state index in [1.165, 1.54) is 0 Å². The lowest BCUT2D eigenvalue weighted by atomic mass is 9.98. The first kappa shape index (κ1) is 14.4. The standard InChI is InChI=1S/C17H19N3O2/c1-11-9-20(10-13(11)16(18)21)17(22)15-8-7-14(19-15)12-5-3-2-4-6-12/h2-8,11,13,19H,9-10H2,1H3,(H2,18,21)/t11-,13-/m1/s1. The Labute approximate surface area is 129 Å². The van der Waals surface area contributed by atoms with Crippen molar-refractivity contribution < 1.29 is 9.59 Å². The molecular weight excluding hydrogens is 278 g/mol. The van der Waals surface area contributed by atoms with Crippen molar-refractivity contribution >= 4 is 11.8 Å². The average molecular weight is 297 g/mol. The fourth-order valence-corrected chi connectivity index (χ4v) is 2.98. The molecule has 114 valence electrons. The van der Waals surface area contributed by atoms with Gasteiger partial charge in [-0.1, -0.05) is 37.3 Å². The molecule has 0 radical (unpaired) electrons. The average Bonchev–Trinajstić information content (AvgIpc) is 3.14. The lowest BCUT2D eigenvalue weighted by molar-refractivity contribution is -0.122. The number of nitrogens with two attached hydrogens (primary N) is 1. The molecule has 1 aliphatic heterocycles. The third kappa shape index (κ3) is 2.62. The lowest BCUT2D eigenvalue weighted by Gasteiger charge is -2.14. The number of hydrogen-bond donors (Lipinski definition) is 2. The number of benzene rings is 1. The molecule has 1 aromatic heterocycles. The highest BCUT2D eigenvalue weighted by Gasteiger charge is 2.36. The molecule has 1 aliphatic rings. The number of amides is 2. The van der Waals surface area contributed by atoms with Crippen LogP contribution in [0.3, 0.4) is 0 Å². The molecule has 2 aromatic rings. The zero-order chi connectivity index (χ0) is 15.7. The number of carbonyl (C=O) groups is 2. The predicted octanol–water partition coefficient (Wildman–Crippen LogP) is 1.88. The van der Waals surface area contributed by atoms with Gasteiger partial charge in [-0.25, -0.2) is 0 Å². The molecule has 3 N–H and O–H groups in total. The highest BCUT2D eigenvalue weighted by molar-refractivity contribution is 5.94. The lowest BCUT2D eigenvalue weighted by Crippen LogP contribution is -2.32. The van der Waals surface area contributed by atoms with Crippen LogP contribution in [-0.2, 0) is 4.79 Å². The second kappa shape index (κ2) is 5.67. The molecule has 0 aliphatic carbocycles. The Morgan fingerprint density at radius 2 is 1.86 bits per heavy atom. The summed E-state index contributed by atoms with van der Waals surface area (Å²) in [5, 5.41) is 0. The van der Waals surface area contributed by atoms with Gasteiger partial charge in [-0.3, -0.25) is 9.59 Å². The number of likely N-dealkylation sites (tertiary alicyclic amines) is 1. The van der Waals surface area contributed by atoms with E-state index in [0.29, 0.717) is 18.8 Å². The molecule has 2 atom stereocenters. The second-order valence-corrected chi connectivity index (χ2v) is 5.85. The number of carbonyl (C=O) groups excluding carboxylic acids is 2. The first-order valence-corrected chi connectivity index (χ1v) is 7.39. The van der Waals surface area contributed by atoms with Crippen molar-refractivity contribution in [3.63, 3.8) is 0 Å². The largest absolute Gasteiger partial charge is 0.369 e. The van der Waals surface area contributed by atoms with Crippen molar-refractivity contribution in [3.8, 4) is 11.3 Å². The van der Waals surface area contributed by atoms with E-state index in [-0.39, 0.29) is 23.7 Å². The number of nitrogens with zero attached hydrogens (tertiary/aromatic N) is 1. The van der Waals surface area contributed by atoms with Gasteiger partial charge in [0.2, 0.25) is 5.91 Å². The number of aromatic amines is 1. The van der Waals surface area contributed by atoms with Gasteiger partial charge in [0.1, 0.15) is 5.69 Å². The van der Waals surface area contributed by atoms with E-state index in [4.69, 9.17) is 5.73 Å². The summed E-state index contributed by atoms with van der Waals surface area (Å²) in [5.41, 5.74) is 7.86. The van der Waals surface area contributed by atoms with Gasteiger partial charge in [0.25, 0.3) is 5.91 Å². The quantitative estimate of drug-likeness (QED) is 0.907. The molecule has 0 unspecified atom stereocenters. The Hall–Kier alpha value is -2.56. The normalized spacial score (nSPS) is 21.0. The van der Waals surface area contributed by atoms with Gasteiger partial charge >= 0.3 is 0 Å². The SMILES string of the molecule is C[C@@H]1CN(C(=O)c2ccc(-c3ccccc3)[nH]2)C[C@H]1C(N)=O. The van der Waals surface area contributed by atoms with E-state index in [9.17, 15) is 9.59 Å². The molecule has 0 spiro atoms. The molecule has 2 heterocycles. The van der Waals surface area contributed by atoms with Crippen molar-refractivity contribution in [2.24, 2.45) is 17.6 Å². The molecular formula is C17H19N3O2. The minimum absolute atomic E-state index is 0.0854. The van der Waals surface area contributed by atoms with Crippen LogP contribution in [0, 0.1) is 11.8 Å². The van der Waals surface area contributed by atoms with Crippen molar-refractivity contribution in [1.29, 1.82) is 0 Å². The first-order chi connectivity index (χ1) is 10.6. The fourth-order valence-electron chi connectivity index (χ4n) is 2.98. The van der Waals surface area contributed by atoms with E-state index in [2.05, 4.69) is 4.98 Å². The van der Waals surface area contributed by atoms with Gasteiger partial charge in [-0.05, 0) is 23.6 Å². The molecule has 1 fully saturated rings. The van der Waals surface area contributed by atoms with Gasteiger partial charge in [0, 0.05) is 18.8 Å². The third-order valence-electron chi connectivity index (χ3n) is 4.27. The predicted molar refractivity (Wildman–Crippen MR) is 84.0 cm³/mol. The summed E-state index contributed by atoms with van der Waals surface area (Å²) in [6, 6.07) is 13.5. The van der Waals surface area contributed by atoms with Crippen LogP contribution in [0.5, 0.6) is 0 Å². The van der Waals surface area contributed by atoms with Crippen LogP contribution in [0.15, 0.2) is 42.5 Å². The van der Waals surface area contributed by atoms with Crippen LogP contribution in [0.25, 0.3) is 11.3 Å². The summed E-state index contributed by atoms with van der Waals surface area (Å²) in [6.45, 7) is 2.91. The van der Waals surface area contributed by atoms with Crippen molar-refractivity contribution in [1.82, 2.24) is 9.88 Å². The monoisotopic (exact) mass is 297 g/mol. The van der Waals surface area contributed by atoms with E-state index in [1.807, 2.05) is 43.3 Å². The zero-order valence-electron chi connectivity index (χ0n) is 12.5. The maximum atomic E-state index is 12.5. The minimum Gasteiger partial charge on any atom is -0.369 e. The molecule has 2 amide bonds. The Morgan fingerprint density at radius 1 is 1.14 bits per heavy atom. The molecule has 1 saturated heterocycles. The van der Waals surface area contributed by atoms with Gasteiger partial charge in [-0.2, -0.15) is 0 Å². The van der Waals surface area contributed by atoms with Crippen LogP contribution in [-0.4, -0.2) is 34.8 Å². The minimum atomic E-state index is -0.334. The fraction of sp³-hybridized carbons (Fsp3) is 0.294. The first-order valence-electron chi connectivity index (χ1n) is 7.39. The molecule has 0 bridgehead atoms. The maximum absolute atomic E-state index is 12.5. The summed E-state index contributed by atoms with van der Waals surface area (Å²) in [5.74, 6) is -0.574. The molecule has 5 nitrogen and oxygen atoms in total. The van der Waals surface area contributed by atoms with E-state index in [1.54, 1.807) is 11.0 Å². The molecule has 1 aromatic carbocycles. The third-order valence-corrected chi connectivity index (χ3v) is 4.27. The van der Waals surface area contributed by atoms with Gasteiger partial charge in [-0.15, -0.1) is 0 Å². The smallest absolute Gasteiger partial charge is 0.270 e. The summed E-state index contributed by atoms with van der Waals surface area (Å²) < 4.78 is 0. The second-order valence-electron chi connectivity index (χ2n) is 5.85. The molecule has 3 rings (SSSR count). The topological polar surface area (TPSA) is 79.2 Å². The number of hydrogen-bond acceptors (Lipinski definition) is 2. The Kier molecular flexibility index (Phi) is 3.71. The summed E-state index contributed by atoms with van der Waals surface area (Å²) in [6.07, 6.45) is 0. The Bertz CT molecular complexity index is 693. The van der Waals surface area contributed by atoms with Crippen molar-refractivity contribution in [3.05, 3.63) is 48.2 Å². The van der Waals surface area contributed by atoms with Crippen molar-refractivity contribution in [2.75, 3.05) is 13.1 Å². The molecule has 0 saturated carbocycles. The van der Waals surface area contributed by atoms with Crippen LogP contribution < -0.4 is 5.73 Å². The number of rotatable bonds is 3. The Morgan fingerprint density at radius 3 is 2.50 bits per heavy atom. The number of aromatic nitrogens is 1. The number of nitrogens with one attached hydrogen (secondary N) is 1. The van der Waals surface area contributed by atoms with Crippen LogP contribution >= 0.6 is 0 Å². The molecule has 22 heavy (non-hydrogen) atoms. The van der Waals surface area contributed by atoms with Crippen LogP contribution in [0.4, 0.5) is 0 Å². The molecule has 5 heteroatoms. The summed E-state index contributed by atoms with van der Waals surface area (Å²) in [4.78, 5) is 28.8. The van der Waals surface area contributed by atoms with E-state index >= 15 is 0 Å². The summed E-state index contributed by atoms with van der Waals surface area (Å²) >= 11 is 0. The van der Waals surface area contributed by atoms with E-state index < -0.39 is 0 Å². The Balaban J connectivity index is 1.77. The van der Waals surface area contributed by atoms with Crippen molar-refractivity contribution in [2.45, 2.75) is 6.92 Å². The van der Waals surface area contributed by atoms with Gasteiger partial charge in [0.05, 0.1) is 5.92 Å². The maximum Gasteiger partial charge on any atom is 0.270 e.